The van der Waals surface area contributed by atoms with E-state index in [1.54, 1.807) is 0 Å². The number of nitrogens with one attached hydrogen (secondary N) is 1. The number of esters is 1. The highest BCUT2D eigenvalue weighted by Gasteiger charge is 2.44. The van der Waals surface area contributed by atoms with Gasteiger partial charge in [-0.2, -0.15) is 0 Å². The van der Waals surface area contributed by atoms with Gasteiger partial charge in [-0.25, -0.2) is 14.8 Å². The molecule has 5 nitrogen and oxygen atoms in total. The van der Waals surface area contributed by atoms with E-state index in [0.717, 1.165) is 12.2 Å². The van der Waals surface area contributed by atoms with Gasteiger partial charge in [-0.1, -0.05) is 13.8 Å². The van der Waals surface area contributed by atoms with Crippen LogP contribution in [0.4, 0.5) is 5.82 Å². The van der Waals surface area contributed by atoms with Crippen molar-refractivity contribution in [1.82, 2.24) is 9.97 Å². The van der Waals surface area contributed by atoms with Gasteiger partial charge in [0.1, 0.15) is 5.82 Å². The first kappa shape index (κ1) is 12.8. The van der Waals surface area contributed by atoms with Gasteiger partial charge in [-0.15, -0.1) is 0 Å². The second-order valence-electron chi connectivity index (χ2n) is 5.48. The van der Waals surface area contributed by atoms with Crippen molar-refractivity contribution in [3.63, 3.8) is 0 Å². The number of rotatable bonds is 4. The first-order chi connectivity index (χ1) is 8.42. The van der Waals surface area contributed by atoms with E-state index in [0.29, 0.717) is 17.2 Å². The lowest BCUT2D eigenvalue weighted by molar-refractivity contribution is 0.0586. The van der Waals surface area contributed by atoms with Gasteiger partial charge in [0.05, 0.1) is 7.11 Å². The maximum atomic E-state index is 11.4. The number of nitrogens with zero attached hydrogens (tertiary/aromatic N) is 2. The number of anilines is 1. The summed E-state index contributed by atoms with van der Waals surface area (Å²) < 4.78 is 4.63. The van der Waals surface area contributed by atoms with Crippen molar-refractivity contribution in [2.45, 2.75) is 27.2 Å². The molecule has 0 saturated heterocycles. The van der Waals surface area contributed by atoms with Gasteiger partial charge >= 0.3 is 5.97 Å². The van der Waals surface area contributed by atoms with Crippen molar-refractivity contribution in [2.24, 2.45) is 11.3 Å². The normalized spacial score (nSPS) is 20.3. The minimum Gasteiger partial charge on any atom is -0.463 e. The molecule has 2 rings (SSSR count). The van der Waals surface area contributed by atoms with E-state index >= 15 is 0 Å². The molecule has 1 saturated carbocycles. The predicted molar refractivity (Wildman–Crippen MR) is 68.5 cm³/mol. The minimum atomic E-state index is -0.506. The highest BCUT2D eigenvalue weighted by atomic mass is 16.5. The lowest BCUT2D eigenvalue weighted by Crippen LogP contribution is -2.13. The predicted octanol–water partition coefficient (Wildman–Crippen LogP) is 2.03. The quantitative estimate of drug-likeness (QED) is 0.827. The Morgan fingerprint density at radius 2 is 2.22 bits per heavy atom. The molecule has 98 valence electrons. The van der Waals surface area contributed by atoms with Crippen LogP contribution < -0.4 is 5.32 Å². The third kappa shape index (κ3) is 2.78. The molecule has 1 aliphatic rings. The molecule has 18 heavy (non-hydrogen) atoms. The first-order valence-electron chi connectivity index (χ1n) is 6.10. The number of carbonyl (C=O) groups is 1. The lowest BCUT2D eigenvalue weighted by atomic mass is 10.1. The van der Waals surface area contributed by atoms with Crippen molar-refractivity contribution in [1.29, 1.82) is 0 Å². The largest absolute Gasteiger partial charge is 0.463 e. The van der Waals surface area contributed by atoms with Gasteiger partial charge in [0.2, 0.25) is 5.82 Å². The Kier molecular flexibility index (Phi) is 3.24. The number of hydrogen-bond acceptors (Lipinski definition) is 5. The molecule has 0 radical (unpaired) electrons. The summed E-state index contributed by atoms with van der Waals surface area (Å²) in [6.07, 6.45) is 1.23. The Morgan fingerprint density at radius 3 is 2.78 bits per heavy atom. The number of methoxy groups -OCH3 is 1. The number of hydrogen-bond donors (Lipinski definition) is 1. The van der Waals surface area contributed by atoms with Crippen LogP contribution in [0.2, 0.25) is 0 Å². The third-order valence-electron chi connectivity index (χ3n) is 3.47. The molecule has 1 aromatic rings. The van der Waals surface area contributed by atoms with Crippen molar-refractivity contribution >= 4 is 11.8 Å². The van der Waals surface area contributed by atoms with Crippen LogP contribution in [0.5, 0.6) is 0 Å². The molecule has 1 unspecified atom stereocenters. The Balaban J connectivity index is 2.04. The van der Waals surface area contributed by atoms with E-state index in [1.807, 2.05) is 13.0 Å². The second-order valence-corrected chi connectivity index (χ2v) is 5.48. The van der Waals surface area contributed by atoms with Crippen molar-refractivity contribution in [2.75, 3.05) is 19.0 Å². The Labute approximate surface area is 107 Å². The fourth-order valence-corrected chi connectivity index (χ4v) is 1.99. The molecular weight excluding hydrogens is 230 g/mol. The minimum absolute atomic E-state index is 0.107. The molecule has 1 aliphatic carbocycles. The van der Waals surface area contributed by atoms with Crippen LogP contribution in [0.25, 0.3) is 0 Å². The zero-order valence-corrected chi connectivity index (χ0v) is 11.3. The summed E-state index contributed by atoms with van der Waals surface area (Å²) in [5.74, 6) is 0.962. The molecule has 1 heterocycles. The van der Waals surface area contributed by atoms with E-state index in [4.69, 9.17) is 0 Å². The fraction of sp³-hybridized carbons (Fsp3) is 0.615. The topological polar surface area (TPSA) is 64.1 Å². The summed E-state index contributed by atoms with van der Waals surface area (Å²) in [6, 6.07) is 1.84. The summed E-state index contributed by atoms with van der Waals surface area (Å²) in [5, 5.41) is 3.26. The molecule has 1 atom stereocenters. The highest BCUT2D eigenvalue weighted by molar-refractivity contribution is 5.85. The average Bonchev–Trinajstić information content (AvgIpc) is 2.93. The van der Waals surface area contributed by atoms with Crippen molar-refractivity contribution in [3.8, 4) is 0 Å². The molecule has 0 spiro atoms. The highest BCUT2D eigenvalue weighted by Crippen LogP contribution is 2.51. The summed E-state index contributed by atoms with van der Waals surface area (Å²) in [7, 11) is 1.33. The van der Waals surface area contributed by atoms with Gasteiger partial charge < -0.3 is 10.1 Å². The maximum Gasteiger partial charge on any atom is 0.376 e. The maximum absolute atomic E-state index is 11.4. The van der Waals surface area contributed by atoms with Crippen LogP contribution in [0.15, 0.2) is 6.07 Å². The SMILES string of the molecule is COC(=O)c1nc(C)cc(NCC2CC2(C)C)n1. The van der Waals surface area contributed by atoms with E-state index in [-0.39, 0.29) is 5.82 Å². The molecule has 5 heteroatoms. The zero-order valence-electron chi connectivity index (χ0n) is 11.3. The molecule has 1 N–H and O–H groups in total. The second kappa shape index (κ2) is 4.55. The van der Waals surface area contributed by atoms with E-state index in [2.05, 4.69) is 33.9 Å². The standard InChI is InChI=1S/C13H19N3O2/c1-8-5-10(14-7-9-6-13(9,2)3)16-11(15-8)12(17)18-4/h5,9H,6-7H2,1-4H3,(H,14,15,16). The van der Waals surface area contributed by atoms with Crippen LogP contribution in [0, 0.1) is 18.3 Å². The van der Waals surface area contributed by atoms with Crippen molar-refractivity contribution < 1.29 is 9.53 Å². The summed E-state index contributed by atoms with van der Waals surface area (Å²) in [4.78, 5) is 19.6. The van der Waals surface area contributed by atoms with Crippen molar-refractivity contribution in [3.05, 3.63) is 17.6 Å². The van der Waals surface area contributed by atoms with Crippen LogP contribution in [0.3, 0.4) is 0 Å². The van der Waals surface area contributed by atoms with Crippen LogP contribution in [-0.2, 0) is 4.74 Å². The molecule has 0 bridgehead atoms. The molecule has 0 amide bonds. The average molecular weight is 249 g/mol. The fourth-order valence-electron chi connectivity index (χ4n) is 1.99. The Morgan fingerprint density at radius 1 is 1.56 bits per heavy atom. The number of ether oxygens (including phenoxy) is 1. The van der Waals surface area contributed by atoms with Gasteiger partial charge in [-0.05, 0) is 24.7 Å². The molecule has 0 aromatic carbocycles. The number of carbonyl (C=O) groups excluding carboxylic acids is 1. The Hall–Kier alpha value is -1.65. The summed E-state index contributed by atoms with van der Waals surface area (Å²) in [6.45, 7) is 7.22. The molecule has 1 fully saturated rings. The van der Waals surface area contributed by atoms with E-state index in [9.17, 15) is 4.79 Å². The van der Waals surface area contributed by atoms with Crippen LogP contribution >= 0.6 is 0 Å². The van der Waals surface area contributed by atoms with Crippen LogP contribution in [0.1, 0.15) is 36.6 Å². The van der Waals surface area contributed by atoms with E-state index in [1.165, 1.54) is 13.5 Å². The summed E-state index contributed by atoms with van der Waals surface area (Å²) >= 11 is 0. The number of aryl methyl sites for hydroxylation is 1. The third-order valence-corrected chi connectivity index (χ3v) is 3.47. The van der Waals surface area contributed by atoms with Gasteiger partial charge in [0.25, 0.3) is 0 Å². The molecule has 0 aliphatic heterocycles. The Bertz CT molecular complexity index is 471. The van der Waals surface area contributed by atoms with Gasteiger partial charge in [0, 0.05) is 18.3 Å². The molecule has 1 aromatic heterocycles. The monoisotopic (exact) mass is 249 g/mol. The lowest BCUT2D eigenvalue weighted by Gasteiger charge is -2.08. The summed E-state index contributed by atoms with van der Waals surface area (Å²) in [5.41, 5.74) is 1.18. The van der Waals surface area contributed by atoms with E-state index < -0.39 is 5.97 Å². The molecular formula is C13H19N3O2. The van der Waals surface area contributed by atoms with Gasteiger partial charge in [-0.3, -0.25) is 0 Å². The van der Waals surface area contributed by atoms with Crippen LogP contribution in [-0.4, -0.2) is 29.6 Å². The van der Waals surface area contributed by atoms with Gasteiger partial charge in [0.15, 0.2) is 0 Å². The zero-order chi connectivity index (χ0) is 13.3. The smallest absolute Gasteiger partial charge is 0.376 e. The number of aromatic nitrogens is 2. The first-order valence-corrected chi connectivity index (χ1v) is 6.10.